The van der Waals surface area contributed by atoms with Gasteiger partial charge in [-0.2, -0.15) is 0 Å². The van der Waals surface area contributed by atoms with Crippen LogP contribution < -0.4 is 10.2 Å². The summed E-state index contributed by atoms with van der Waals surface area (Å²) in [5.74, 6) is 0.307. The van der Waals surface area contributed by atoms with E-state index in [1.54, 1.807) is 42.5 Å². The summed E-state index contributed by atoms with van der Waals surface area (Å²) < 4.78 is 9.64. The molecule has 2 rings (SSSR count). The molecular weight excluding hydrogens is 274 g/mol. The van der Waals surface area contributed by atoms with E-state index in [1.165, 1.54) is 0 Å². The Balaban J connectivity index is 1.68. The summed E-state index contributed by atoms with van der Waals surface area (Å²) in [5, 5.41) is 0. The molecule has 0 spiro atoms. The zero-order valence-electron chi connectivity index (χ0n) is 11.0. The molecule has 0 saturated carbocycles. The Morgan fingerprint density at radius 3 is 2.19 bits per heavy atom. The fourth-order valence-corrected chi connectivity index (χ4v) is 1.44. The zero-order valence-corrected chi connectivity index (χ0v) is 11.0. The minimum absolute atomic E-state index is 0.0732. The molecule has 2 aromatic rings. The lowest BCUT2D eigenvalue weighted by molar-refractivity contribution is 0.0363. The largest absolute Gasteiger partial charge is 0.539 e. The third kappa shape index (κ3) is 5.23. The van der Waals surface area contributed by atoms with Crippen molar-refractivity contribution in [2.45, 2.75) is 6.61 Å². The van der Waals surface area contributed by atoms with Crippen LogP contribution in [0.2, 0.25) is 0 Å². The van der Waals surface area contributed by atoms with Gasteiger partial charge in [-0.05, 0) is 17.7 Å². The number of hydrogen-bond acceptors (Lipinski definition) is 5. The van der Waals surface area contributed by atoms with Crippen LogP contribution in [0.5, 0.6) is 5.75 Å². The van der Waals surface area contributed by atoms with Gasteiger partial charge in [0.1, 0.15) is 12.4 Å². The Kier molecular flexibility index (Phi) is 5.17. The van der Waals surface area contributed by atoms with Gasteiger partial charge in [0.25, 0.3) is 0 Å². The smallest absolute Gasteiger partial charge is 0.443 e. The summed E-state index contributed by atoms with van der Waals surface area (Å²) in [4.78, 5) is 27.0. The maximum Gasteiger partial charge on any atom is 0.539 e. The standard InChI is InChI=1S/C15H13NO5/c17-14(19-11-12-7-3-1-4-8-12)16-21-15(18)20-13-9-5-2-6-10-13/h1-10H,11H2,(H,16,17). The monoisotopic (exact) mass is 287 g/mol. The van der Waals surface area contributed by atoms with Gasteiger partial charge in [0, 0.05) is 0 Å². The fourth-order valence-electron chi connectivity index (χ4n) is 1.44. The van der Waals surface area contributed by atoms with Gasteiger partial charge in [-0.25, -0.2) is 9.59 Å². The van der Waals surface area contributed by atoms with Gasteiger partial charge in [0.05, 0.1) is 0 Å². The van der Waals surface area contributed by atoms with E-state index < -0.39 is 12.2 Å². The number of nitrogens with one attached hydrogen (secondary N) is 1. The lowest BCUT2D eigenvalue weighted by Gasteiger charge is -2.07. The van der Waals surface area contributed by atoms with Crippen molar-refractivity contribution >= 4 is 12.2 Å². The van der Waals surface area contributed by atoms with Gasteiger partial charge in [0.15, 0.2) is 0 Å². The van der Waals surface area contributed by atoms with Crippen molar-refractivity contribution in [3.63, 3.8) is 0 Å². The first-order valence-electron chi connectivity index (χ1n) is 6.14. The summed E-state index contributed by atoms with van der Waals surface area (Å²) in [5.41, 5.74) is 2.66. The predicted octanol–water partition coefficient (Wildman–Crippen LogP) is 3.04. The second kappa shape index (κ2) is 7.54. The highest BCUT2D eigenvalue weighted by molar-refractivity contribution is 5.70. The molecule has 0 unspecified atom stereocenters. The van der Waals surface area contributed by atoms with Gasteiger partial charge in [-0.15, -0.1) is 5.48 Å². The van der Waals surface area contributed by atoms with E-state index >= 15 is 0 Å². The first kappa shape index (κ1) is 14.4. The molecule has 6 nitrogen and oxygen atoms in total. The van der Waals surface area contributed by atoms with Gasteiger partial charge in [0.2, 0.25) is 0 Å². The molecule has 0 saturated heterocycles. The maximum absolute atomic E-state index is 11.3. The molecule has 0 aromatic heterocycles. The first-order chi connectivity index (χ1) is 10.2. The van der Waals surface area contributed by atoms with Crippen molar-refractivity contribution < 1.29 is 23.9 Å². The summed E-state index contributed by atoms with van der Waals surface area (Å²) >= 11 is 0. The van der Waals surface area contributed by atoms with Crippen LogP contribution in [0.1, 0.15) is 5.56 Å². The molecule has 1 N–H and O–H groups in total. The zero-order chi connectivity index (χ0) is 14.9. The van der Waals surface area contributed by atoms with Crippen molar-refractivity contribution in [3.8, 4) is 5.75 Å². The minimum atomic E-state index is -1.06. The number of hydroxylamine groups is 1. The molecule has 0 aliphatic heterocycles. The van der Waals surface area contributed by atoms with Crippen LogP contribution in [0.3, 0.4) is 0 Å². The molecule has 0 aliphatic rings. The Labute approximate surface area is 121 Å². The maximum atomic E-state index is 11.3. The average molecular weight is 287 g/mol. The van der Waals surface area contributed by atoms with Crippen LogP contribution in [0.25, 0.3) is 0 Å². The molecule has 0 aliphatic carbocycles. The van der Waals surface area contributed by atoms with Crippen LogP contribution in [-0.2, 0) is 16.2 Å². The summed E-state index contributed by atoms with van der Waals surface area (Å²) in [6.45, 7) is 0.0732. The molecule has 6 heteroatoms. The number of rotatable bonds is 3. The van der Waals surface area contributed by atoms with E-state index in [-0.39, 0.29) is 6.61 Å². The van der Waals surface area contributed by atoms with Gasteiger partial charge >= 0.3 is 12.2 Å². The van der Waals surface area contributed by atoms with Crippen molar-refractivity contribution in [1.82, 2.24) is 5.48 Å². The van der Waals surface area contributed by atoms with Gasteiger partial charge in [-0.3, -0.25) is 0 Å². The topological polar surface area (TPSA) is 73.9 Å². The molecular formula is C15H13NO5. The molecule has 108 valence electrons. The molecule has 1 amide bonds. The Morgan fingerprint density at radius 1 is 0.905 bits per heavy atom. The SMILES string of the molecule is O=C(NOC(=O)Oc1ccccc1)OCc1ccccc1. The molecule has 0 fully saturated rings. The van der Waals surface area contributed by atoms with Crippen LogP contribution in [0.15, 0.2) is 60.7 Å². The Morgan fingerprint density at radius 2 is 1.52 bits per heavy atom. The minimum Gasteiger partial charge on any atom is -0.443 e. The average Bonchev–Trinajstić information content (AvgIpc) is 2.53. The molecule has 2 aromatic carbocycles. The molecule has 0 radical (unpaired) electrons. The van der Waals surface area contributed by atoms with Crippen LogP contribution in [0, 0.1) is 0 Å². The lowest BCUT2D eigenvalue weighted by atomic mass is 10.2. The number of carbonyl (C=O) groups is 2. The molecule has 0 bridgehead atoms. The normalized spacial score (nSPS) is 9.52. The second-order valence-electron chi connectivity index (χ2n) is 3.93. The molecule has 0 heterocycles. The van der Waals surface area contributed by atoms with E-state index in [2.05, 4.69) is 4.84 Å². The summed E-state index contributed by atoms with van der Waals surface area (Å²) in [7, 11) is 0. The van der Waals surface area contributed by atoms with Crippen LogP contribution in [-0.4, -0.2) is 12.2 Å². The highest BCUT2D eigenvalue weighted by Crippen LogP contribution is 2.08. The van der Waals surface area contributed by atoms with Crippen LogP contribution >= 0.6 is 0 Å². The van der Waals surface area contributed by atoms with E-state index in [0.717, 1.165) is 5.56 Å². The number of hydrogen-bond donors (Lipinski definition) is 1. The van der Waals surface area contributed by atoms with Crippen molar-refractivity contribution in [2.24, 2.45) is 0 Å². The van der Waals surface area contributed by atoms with Crippen molar-refractivity contribution in [3.05, 3.63) is 66.2 Å². The predicted molar refractivity (Wildman–Crippen MR) is 73.3 cm³/mol. The number of amides is 1. The third-order valence-electron chi connectivity index (χ3n) is 2.37. The summed E-state index contributed by atoms with van der Waals surface area (Å²) in [6.07, 6.45) is -1.94. The van der Waals surface area contributed by atoms with Crippen molar-refractivity contribution in [2.75, 3.05) is 0 Å². The van der Waals surface area contributed by atoms with Gasteiger partial charge < -0.3 is 14.3 Å². The van der Waals surface area contributed by atoms with E-state index in [0.29, 0.717) is 5.75 Å². The number of benzene rings is 2. The Bertz CT molecular complexity index is 586. The van der Waals surface area contributed by atoms with E-state index in [9.17, 15) is 9.59 Å². The summed E-state index contributed by atoms with van der Waals surface area (Å²) in [6, 6.07) is 17.4. The number of ether oxygens (including phenoxy) is 2. The molecule has 21 heavy (non-hydrogen) atoms. The highest BCUT2D eigenvalue weighted by atomic mass is 16.8. The lowest BCUT2D eigenvalue weighted by Crippen LogP contribution is -2.29. The number of para-hydroxylation sites is 1. The quantitative estimate of drug-likeness (QED) is 0.533. The van der Waals surface area contributed by atoms with Gasteiger partial charge in [-0.1, -0.05) is 48.5 Å². The van der Waals surface area contributed by atoms with Crippen LogP contribution in [0.4, 0.5) is 9.59 Å². The fraction of sp³-hybridized carbons (Fsp3) is 0.0667. The third-order valence-corrected chi connectivity index (χ3v) is 2.37. The highest BCUT2D eigenvalue weighted by Gasteiger charge is 2.09. The Hall–Kier alpha value is -3.02. The number of carbonyl (C=O) groups excluding carboxylic acids is 2. The van der Waals surface area contributed by atoms with Crippen molar-refractivity contribution in [1.29, 1.82) is 0 Å². The second-order valence-corrected chi connectivity index (χ2v) is 3.93. The molecule has 0 atom stereocenters. The first-order valence-corrected chi connectivity index (χ1v) is 6.14. The van der Waals surface area contributed by atoms with E-state index in [1.807, 2.05) is 23.7 Å². The van der Waals surface area contributed by atoms with E-state index in [4.69, 9.17) is 9.47 Å².